The third-order valence-electron chi connectivity index (χ3n) is 3.56. The van der Waals surface area contributed by atoms with Crippen molar-refractivity contribution in [3.05, 3.63) is 16.7 Å². The summed E-state index contributed by atoms with van der Waals surface area (Å²) in [5.74, 6) is 1.14. The van der Waals surface area contributed by atoms with Gasteiger partial charge in [-0.15, -0.1) is 0 Å². The molecule has 0 aromatic heterocycles. The Balaban J connectivity index is 0.000000861. The minimum atomic E-state index is -0.752. The van der Waals surface area contributed by atoms with Gasteiger partial charge in [-0.3, -0.25) is 4.79 Å². The number of fused-ring (bicyclic) bond motifs is 1. The van der Waals surface area contributed by atoms with Gasteiger partial charge in [0.05, 0.1) is 0 Å². The molecule has 0 saturated carbocycles. The summed E-state index contributed by atoms with van der Waals surface area (Å²) in [4.78, 5) is 11.6. The fourth-order valence-corrected chi connectivity index (χ4v) is 3.48. The van der Waals surface area contributed by atoms with Gasteiger partial charge in [-0.05, 0) is 60.6 Å². The van der Waals surface area contributed by atoms with E-state index in [1.807, 2.05) is 27.7 Å². The van der Waals surface area contributed by atoms with Gasteiger partial charge in [-0.1, -0.05) is 0 Å². The molecular weight excluding hydrogens is 279 g/mol. The van der Waals surface area contributed by atoms with E-state index in [9.17, 15) is 9.90 Å². The van der Waals surface area contributed by atoms with E-state index in [1.165, 1.54) is 0 Å². The highest BCUT2D eigenvalue weighted by Crippen LogP contribution is 2.48. The molecule has 2 atom stereocenters. The van der Waals surface area contributed by atoms with Crippen LogP contribution in [-0.2, 0) is 4.79 Å². The Morgan fingerprint density at radius 3 is 2.21 bits per heavy atom. The molecule has 0 fully saturated rings. The second kappa shape index (κ2) is 5.72. The number of carbonyl (C=O) groups excluding carboxylic acids is 1. The molecule has 0 radical (unpaired) electrons. The van der Waals surface area contributed by atoms with Crippen molar-refractivity contribution < 1.29 is 14.6 Å². The summed E-state index contributed by atoms with van der Waals surface area (Å²) < 4.78 is 5.85. The van der Waals surface area contributed by atoms with E-state index in [2.05, 4.69) is 12.6 Å². The summed E-state index contributed by atoms with van der Waals surface area (Å²) in [6.45, 7) is 9.04. The molecule has 1 aliphatic heterocycles. The van der Waals surface area contributed by atoms with Crippen LogP contribution < -0.4 is 10.0 Å². The molecule has 0 spiro atoms. The average Bonchev–Trinajstić information content (AvgIpc) is 2.76. The highest BCUT2D eigenvalue weighted by Gasteiger charge is 2.41. The van der Waals surface area contributed by atoms with Gasteiger partial charge in [0.15, 0.2) is 11.1 Å². The number of hydrogen-bond donors (Lipinski definition) is 2. The SMILES string of the molecule is CC(=O)C1(C)Oc2c(C)c(C)c(O)c(C)c2P1.CS. The maximum atomic E-state index is 11.6. The van der Waals surface area contributed by atoms with Gasteiger partial charge in [-0.2, -0.15) is 12.6 Å². The Morgan fingerprint density at radius 1 is 1.21 bits per heavy atom. The summed E-state index contributed by atoms with van der Waals surface area (Å²) in [5.41, 5.74) is 2.60. The number of aromatic hydroxyl groups is 1. The van der Waals surface area contributed by atoms with Gasteiger partial charge in [0.25, 0.3) is 0 Å². The maximum Gasteiger partial charge on any atom is 0.183 e. The minimum absolute atomic E-state index is 0.0305. The van der Waals surface area contributed by atoms with Crippen molar-refractivity contribution in [3.63, 3.8) is 0 Å². The Bertz CT molecular complexity index is 489. The molecule has 3 nitrogen and oxygen atoms in total. The molecule has 106 valence electrons. The first-order valence-electron chi connectivity index (χ1n) is 6.03. The second-order valence-electron chi connectivity index (χ2n) is 4.74. The molecule has 0 aliphatic carbocycles. The lowest BCUT2D eigenvalue weighted by molar-refractivity contribution is -0.124. The maximum absolute atomic E-state index is 11.6. The third-order valence-corrected chi connectivity index (χ3v) is 5.34. The summed E-state index contributed by atoms with van der Waals surface area (Å²) >= 11 is 3.53. The zero-order valence-electron chi connectivity index (χ0n) is 12.2. The monoisotopic (exact) mass is 300 g/mol. The highest BCUT2D eigenvalue weighted by molar-refractivity contribution is 7.79. The van der Waals surface area contributed by atoms with Crippen molar-refractivity contribution in [1.82, 2.24) is 0 Å². The average molecular weight is 300 g/mol. The standard InChI is InChI=1S/C13H17O3P.CH4S/c1-6-7(2)11-12(8(3)10(6)15)17-13(5,16-11)9(4)14;1-2/h15,17H,1-5H3;2H,1H3. The van der Waals surface area contributed by atoms with Crippen LogP contribution in [0.15, 0.2) is 0 Å². The highest BCUT2D eigenvalue weighted by atomic mass is 32.1. The van der Waals surface area contributed by atoms with Gasteiger partial charge in [-0.25, -0.2) is 0 Å². The smallest absolute Gasteiger partial charge is 0.183 e. The molecule has 0 bridgehead atoms. The predicted octanol–water partition coefficient (Wildman–Crippen LogP) is 2.86. The normalized spacial score (nSPS) is 21.4. The van der Waals surface area contributed by atoms with Crippen molar-refractivity contribution in [2.45, 2.75) is 40.0 Å². The number of Topliss-reactive ketones (excluding diaryl/α,β-unsaturated/α-hetero) is 1. The predicted molar refractivity (Wildman–Crippen MR) is 84.9 cm³/mol. The second-order valence-corrected chi connectivity index (χ2v) is 6.45. The number of phenols is 1. The number of benzene rings is 1. The lowest BCUT2D eigenvalue weighted by Gasteiger charge is -2.20. The quantitative estimate of drug-likeness (QED) is 0.619. The van der Waals surface area contributed by atoms with E-state index < -0.39 is 5.34 Å². The largest absolute Gasteiger partial charge is 0.507 e. The number of hydrogen-bond acceptors (Lipinski definition) is 4. The van der Waals surface area contributed by atoms with E-state index in [0.717, 1.165) is 27.7 Å². The van der Waals surface area contributed by atoms with Crippen LogP contribution in [0, 0.1) is 20.8 Å². The van der Waals surface area contributed by atoms with Crippen LogP contribution in [-0.4, -0.2) is 22.5 Å². The van der Waals surface area contributed by atoms with E-state index in [-0.39, 0.29) is 14.4 Å². The lowest BCUT2D eigenvalue weighted by Crippen LogP contribution is -2.32. The topological polar surface area (TPSA) is 46.5 Å². The van der Waals surface area contributed by atoms with E-state index in [4.69, 9.17) is 4.74 Å². The third kappa shape index (κ3) is 2.61. The number of carbonyl (C=O) groups is 1. The molecule has 1 aromatic carbocycles. The fourth-order valence-electron chi connectivity index (χ4n) is 2.01. The van der Waals surface area contributed by atoms with Gasteiger partial charge >= 0.3 is 0 Å². The van der Waals surface area contributed by atoms with Gasteiger partial charge in [0, 0.05) is 10.9 Å². The van der Waals surface area contributed by atoms with Gasteiger partial charge in [0.2, 0.25) is 0 Å². The van der Waals surface area contributed by atoms with Crippen LogP contribution in [0.25, 0.3) is 0 Å². The van der Waals surface area contributed by atoms with Crippen LogP contribution in [0.5, 0.6) is 11.5 Å². The lowest BCUT2D eigenvalue weighted by atomic mass is 10.0. The van der Waals surface area contributed by atoms with E-state index in [0.29, 0.717) is 5.75 Å². The molecule has 0 amide bonds. The summed E-state index contributed by atoms with van der Waals surface area (Å²) in [5, 5.41) is 10.3. The van der Waals surface area contributed by atoms with Crippen LogP contribution in [0.1, 0.15) is 30.5 Å². The number of phenolic OH excluding ortho intramolecular Hbond substituents is 1. The van der Waals surface area contributed by atoms with E-state index in [1.54, 1.807) is 13.2 Å². The number of rotatable bonds is 1. The molecule has 19 heavy (non-hydrogen) atoms. The van der Waals surface area contributed by atoms with Gasteiger partial charge < -0.3 is 9.84 Å². The fraction of sp³-hybridized carbons (Fsp3) is 0.500. The first-order valence-corrected chi connectivity index (χ1v) is 7.93. The number of ketones is 1. The number of thiol groups is 1. The molecule has 2 unspecified atom stereocenters. The Morgan fingerprint density at radius 2 is 1.74 bits per heavy atom. The Kier molecular flexibility index (Phi) is 4.91. The molecule has 1 aliphatic rings. The molecule has 5 heteroatoms. The molecule has 2 rings (SSSR count). The first kappa shape index (κ1) is 16.3. The zero-order valence-corrected chi connectivity index (χ0v) is 14.1. The van der Waals surface area contributed by atoms with Crippen molar-refractivity contribution in [2.24, 2.45) is 0 Å². The Hall–Kier alpha value is -0.730. The first-order chi connectivity index (χ1) is 8.78. The van der Waals surface area contributed by atoms with Crippen molar-refractivity contribution >= 4 is 32.3 Å². The van der Waals surface area contributed by atoms with Crippen molar-refractivity contribution in [2.75, 3.05) is 6.26 Å². The van der Waals surface area contributed by atoms with Crippen LogP contribution in [0.2, 0.25) is 0 Å². The minimum Gasteiger partial charge on any atom is -0.507 e. The summed E-state index contributed by atoms with van der Waals surface area (Å²) in [6.07, 6.45) is 1.69. The van der Waals surface area contributed by atoms with Crippen LogP contribution >= 0.6 is 21.2 Å². The summed E-state index contributed by atoms with van der Waals surface area (Å²) in [6, 6.07) is 0. The molecule has 1 heterocycles. The van der Waals surface area contributed by atoms with Crippen LogP contribution in [0.3, 0.4) is 0 Å². The summed E-state index contributed by atoms with van der Waals surface area (Å²) in [7, 11) is 0.260. The van der Waals surface area contributed by atoms with Crippen LogP contribution in [0.4, 0.5) is 0 Å². The van der Waals surface area contributed by atoms with Gasteiger partial charge in [0.1, 0.15) is 11.5 Å². The zero-order chi connectivity index (χ0) is 15.0. The molecule has 1 aromatic rings. The molecule has 1 N–H and O–H groups in total. The number of ether oxygens (including phenoxy) is 1. The molecular formula is C14H21O3PS. The molecule has 0 saturated heterocycles. The van der Waals surface area contributed by atoms with Crippen molar-refractivity contribution in [1.29, 1.82) is 0 Å². The Labute approximate surface area is 121 Å². The van der Waals surface area contributed by atoms with Crippen molar-refractivity contribution in [3.8, 4) is 11.5 Å². The van der Waals surface area contributed by atoms with E-state index >= 15 is 0 Å².